The maximum atomic E-state index is 4.67. The van der Waals surface area contributed by atoms with Gasteiger partial charge in [-0.05, 0) is 46.2 Å². The molecule has 0 spiro atoms. The minimum atomic E-state index is -0.0178. The van der Waals surface area contributed by atoms with Crippen LogP contribution in [0.25, 0.3) is 5.65 Å². The Morgan fingerprint density at radius 2 is 2.17 bits per heavy atom. The zero-order chi connectivity index (χ0) is 16.0. The van der Waals surface area contributed by atoms with Crippen molar-refractivity contribution in [2.24, 2.45) is 0 Å². The summed E-state index contributed by atoms with van der Waals surface area (Å²) in [5, 5.41) is 4.67. The highest BCUT2D eigenvalue weighted by atomic mass is 32.1. The van der Waals surface area contributed by atoms with Gasteiger partial charge in [0.1, 0.15) is 0 Å². The molecule has 4 rings (SSSR count). The SMILES string of the molecule is Cc1cc2nccc([C@@]3(C)CCCN3Cc3scnc3C)n2n1. The number of thiazole rings is 1. The molecule has 5 nitrogen and oxygen atoms in total. The number of fused-ring (bicyclic) bond motifs is 1. The number of aryl methyl sites for hydroxylation is 2. The van der Waals surface area contributed by atoms with E-state index in [1.54, 1.807) is 11.3 Å². The highest BCUT2D eigenvalue weighted by molar-refractivity contribution is 7.09. The highest BCUT2D eigenvalue weighted by Crippen LogP contribution is 2.39. The molecule has 6 heteroatoms. The molecule has 0 bridgehead atoms. The van der Waals surface area contributed by atoms with E-state index in [-0.39, 0.29) is 5.54 Å². The largest absolute Gasteiger partial charge is 0.287 e. The number of aromatic nitrogens is 4. The van der Waals surface area contributed by atoms with E-state index in [0.29, 0.717) is 0 Å². The van der Waals surface area contributed by atoms with Crippen LogP contribution in [0.3, 0.4) is 0 Å². The lowest BCUT2D eigenvalue weighted by molar-refractivity contribution is 0.141. The molecule has 3 aromatic rings. The molecule has 1 aliphatic rings. The van der Waals surface area contributed by atoms with E-state index in [4.69, 9.17) is 0 Å². The second kappa shape index (κ2) is 5.39. The van der Waals surface area contributed by atoms with Crippen molar-refractivity contribution in [1.82, 2.24) is 24.5 Å². The number of rotatable bonds is 3. The van der Waals surface area contributed by atoms with Gasteiger partial charge in [-0.2, -0.15) is 5.10 Å². The molecule has 1 aliphatic heterocycles. The summed E-state index contributed by atoms with van der Waals surface area (Å²) in [5.41, 5.74) is 6.25. The Labute approximate surface area is 140 Å². The van der Waals surface area contributed by atoms with Crippen LogP contribution in [-0.4, -0.2) is 31.0 Å². The zero-order valence-electron chi connectivity index (χ0n) is 13.8. The van der Waals surface area contributed by atoms with E-state index < -0.39 is 0 Å². The molecular formula is C17H21N5S. The van der Waals surface area contributed by atoms with Crippen molar-refractivity contribution in [3.05, 3.63) is 45.8 Å². The van der Waals surface area contributed by atoms with E-state index in [1.807, 2.05) is 29.2 Å². The topological polar surface area (TPSA) is 46.3 Å². The van der Waals surface area contributed by atoms with Gasteiger partial charge in [-0.3, -0.25) is 4.90 Å². The van der Waals surface area contributed by atoms with Crippen LogP contribution in [-0.2, 0) is 12.1 Å². The average Bonchev–Trinajstić information content (AvgIpc) is 3.19. The maximum Gasteiger partial charge on any atom is 0.155 e. The van der Waals surface area contributed by atoms with Gasteiger partial charge in [0.25, 0.3) is 0 Å². The fraction of sp³-hybridized carbons (Fsp3) is 0.471. The first-order valence-corrected chi connectivity index (χ1v) is 8.92. The van der Waals surface area contributed by atoms with Crippen LogP contribution in [0.4, 0.5) is 0 Å². The first kappa shape index (κ1) is 14.8. The standard InChI is InChI=1S/C17H21N5S/c1-12-9-16-18-7-5-15(22(16)20-12)17(3)6-4-8-21(17)10-14-13(2)19-11-23-14/h5,7,9,11H,4,6,8,10H2,1-3H3/t17-/m1/s1. The van der Waals surface area contributed by atoms with Crippen molar-refractivity contribution < 1.29 is 0 Å². The molecule has 0 aromatic carbocycles. The van der Waals surface area contributed by atoms with Crippen LogP contribution in [0, 0.1) is 13.8 Å². The fourth-order valence-electron chi connectivity index (χ4n) is 3.63. The molecule has 1 atom stereocenters. The molecule has 120 valence electrons. The molecule has 4 heterocycles. The lowest BCUT2D eigenvalue weighted by Crippen LogP contribution is -2.39. The summed E-state index contributed by atoms with van der Waals surface area (Å²) >= 11 is 1.75. The van der Waals surface area contributed by atoms with E-state index in [0.717, 1.165) is 36.5 Å². The van der Waals surface area contributed by atoms with Gasteiger partial charge in [-0.1, -0.05) is 0 Å². The predicted molar refractivity (Wildman–Crippen MR) is 91.6 cm³/mol. The Bertz CT molecular complexity index is 852. The Kier molecular flexibility index (Phi) is 3.46. The van der Waals surface area contributed by atoms with E-state index in [9.17, 15) is 0 Å². The second-order valence-electron chi connectivity index (χ2n) is 6.55. The van der Waals surface area contributed by atoms with E-state index in [2.05, 4.69) is 39.9 Å². The molecule has 0 radical (unpaired) electrons. The molecule has 23 heavy (non-hydrogen) atoms. The molecule has 0 N–H and O–H groups in total. The molecule has 0 amide bonds. The number of nitrogens with zero attached hydrogens (tertiary/aromatic N) is 5. The first-order chi connectivity index (χ1) is 11.1. The first-order valence-electron chi connectivity index (χ1n) is 8.04. The quantitative estimate of drug-likeness (QED) is 0.740. The molecule has 1 saturated heterocycles. The highest BCUT2D eigenvalue weighted by Gasteiger charge is 2.40. The number of hydrogen-bond acceptors (Lipinski definition) is 5. The van der Waals surface area contributed by atoms with Gasteiger partial charge in [-0.25, -0.2) is 14.5 Å². The molecule has 0 saturated carbocycles. The molecular weight excluding hydrogens is 306 g/mol. The van der Waals surface area contributed by atoms with Crippen LogP contribution in [0.5, 0.6) is 0 Å². The number of likely N-dealkylation sites (tertiary alicyclic amines) is 1. The molecule has 0 aliphatic carbocycles. The Morgan fingerprint density at radius 1 is 1.30 bits per heavy atom. The summed E-state index contributed by atoms with van der Waals surface area (Å²) < 4.78 is 2.02. The van der Waals surface area contributed by atoms with Gasteiger partial charge in [0.15, 0.2) is 5.65 Å². The van der Waals surface area contributed by atoms with Gasteiger partial charge in [0, 0.05) is 23.7 Å². The predicted octanol–water partition coefficient (Wildman–Crippen LogP) is 3.31. The van der Waals surface area contributed by atoms with E-state index in [1.165, 1.54) is 17.0 Å². The van der Waals surface area contributed by atoms with Crippen molar-refractivity contribution >= 4 is 17.0 Å². The van der Waals surface area contributed by atoms with Gasteiger partial charge in [0.05, 0.1) is 28.1 Å². The smallest absolute Gasteiger partial charge is 0.155 e. The van der Waals surface area contributed by atoms with Gasteiger partial charge >= 0.3 is 0 Å². The molecule has 0 unspecified atom stereocenters. The minimum absolute atomic E-state index is 0.0178. The van der Waals surface area contributed by atoms with Gasteiger partial charge in [-0.15, -0.1) is 11.3 Å². The van der Waals surface area contributed by atoms with Crippen LogP contribution in [0.1, 0.15) is 41.7 Å². The minimum Gasteiger partial charge on any atom is -0.287 e. The maximum absolute atomic E-state index is 4.67. The average molecular weight is 327 g/mol. The lowest BCUT2D eigenvalue weighted by Gasteiger charge is -2.35. The zero-order valence-corrected chi connectivity index (χ0v) is 14.6. The second-order valence-corrected chi connectivity index (χ2v) is 7.49. The summed E-state index contributed by atoms with van der Waals surface area (Å²) in [6.07, 6.45) is 4.26. The van der Waals surface area contributed by atoms with E-state index >= 15 is 0 Å². The third-order valence-electron chi connectivity index (χ3n) is 5.00. The summed E-state index contributed by atoms with van der Waals surface area (Å²) in [4.78, 5) is 12.8. The van der Waals surface area contributed by atoms with Crippen molar-refractivity contribution in [2.45, 2.75) is 45.7 Å². The Balaban J connectivity index is 1.76. The monoisotopic (exact) mass is 327 g/mol. The van der Waals surface area contributed by atoms with Crippen LogP contribution >= 0.6 is 11.3 Å². The third-order valence-corrected chi connectivity index (χ3v) is 5.92. The summed E-state index contributed by atoms with van der Waals surface area (Å²) in [6.45, 7) is 8.52. The van der Waals surface area contributed by atoms with Crippen LogP contribution in [0.15, 0.2) is 23.8 Å². The van der Waals surface area contributed by atoms with Crippen molar-refractivity contribution in [3.8, 4) is 0 Å². The van der Waals surface area contributed by atoms with Gasteiger partial charge in [0.2, 0.25) is 0 Å². The van der Waals surface area contributed by atoms with Crippen LogP contribution < -0.4 is 0 Å². The Morgan fingerprint density at radius 3 is 2.96 bits per heavy atom. The summed E-state index contributed by atoms with van der Waals surface area (Å²) in [6, 6.07) is 4.16. The molecule has 1 fully saturated rings. The van der Waals surface area contributed by atoms with Gasteiger partial charge < -0.3 is 0 Å². The summed E-state index contributed by atoms with van der Waals surface area (Å²) in [5.74, 6) is 0. The summed E-state index contributed by atoms with van der Waals surface area (Å²) in [7, 11) is 0. The number of hydrogen-bond donors (Lipinski definition) is 0. The molecule has 3 aromatic heterocycles. The normalized spacial score (nSPS) is 22.2. The Hall–Kier alpha value is -1.79. The fourth-order valence-corrected chi connectivity index (χ4v) is 4.42. The third kappa shape index (κ3) is 2.37. The van der Waals surface area contributed by atoms with Crippen LogP contribution in [0.2, 0.25) is 0 Å². The van der Waals surface area contributed by atoms with Crippen molar-refractivity contribution in [2.75, 3.05) is 6.54 Å². The van der Waals surface area contributed by atoms with Crippen molar-refractivity contribution in [3.63, 3.8) is 0 Å². The van der Waals surface area contributed by atoms with Crippen molar-refractivity contribution in [1.29, 1.82) is 0 Å². The lowest BCUT2D eigenvalue weighted by atomic mass is 9.94.